The van der Waals surface area contributed by atoms with Gasteiger partial charge in [0.15, 0.2) is 0 Å². The molecule has 0 aliphatic carbocycles. The van der Waals surface area contributed by atoms with Gasteiger partial charge in [-0.1, -0.05) is 6.92 Å². The number of nitrogens with zero attached hydrogens (tertiary/aromatic N) is 4. The molecule has 2 aromatic heterocycles. The van der Waals surface area contributed by atoms with Crippen LogP contribution in [0.4, 0.5) is 14.5 Å². The number of nitrogens with one attached hydrogen (secondary N) is 1. The van der Waals surface area contributed by atoms with Crippen molar-refractivity contribution < 1.29 is 8.78 Å². The molecule has 7 heteroatoms. The molecule has 2 rings (SSSR count). The Morgan fingerprint density at radius 2 is 2.15 bits per heavy atom. The summed E-state index contributed by atoms with van der Waals surface area (Å²) in [6, 6.07) is 2.28. The van der Waals surface area contributed by atoms with E-state index in [2.05, 4.69) is 29.4 Å². The minimum atomic E-state index is -2.39. The molecule has 0 aliphatic heterocycles. The second-order valence-electron chi connectivity index (χ2n) is 4.72. The molecule has 0 aliphatic rings. The van der Waals surface area contributed by atoms with E-state index in [4.69, 9.17) is 0 Å². The smallest absolute Gasteiger partial charge is 0.257 e. The fraction of sp³-hybridized carbons (Fsp3) is 0.538. The molecule has 2 aromatic rings. The Balaban J connectivity index is 1.95. The fourth-order valence-corrected chi connectivity index (χ4v) is 1.94. The molecule has 0 fully saturated rings. The number of anilines is 1. The summed E-state index contributed by atoms with van der Waals surface area (Å²) in [5, 5.41) is 11.4. The summed E-state index contributed by atoms with van der Waals surface area (Å²) >= 11 is 0. The molecule has 0 unspecified atom stereocenters. The van der Waals surface area contributed by atoms with E-state index in [0.717, 1.165) is 17.8 Å². The summed E-state index contributed by atoms with van der Waals surface area (Å²) in [7, 11) is 0. The van der Waals surface area contributed by atoms with Gasteiger partial charge in [-0.3, -0.25) is 9.36 Å². The van der Waals surface area contributed by atoms with Crippen LogP contribution >= 0.6 is 0 Å². The summed E-state index contributed by atoms with van der Waals surface area (Å²) in [5.41, 5.74) is 1.78. The van der Waals surface area contributed by atoms with Crippen LogP contribution in [0.15, 0.2) is 24.7 Å². The van der Waals surface area contributed by atoms with Crippen LogP contribution in [-0.2, 0) is 13.1 Å². The lowest BCUT2D eigenvalue weighted by Gasteiger charge is -2.14. The quantitative estimate of drug-likeness (QED) is 0.850. The van der Waals surface area contributed by atoms with Gasteiger partial charge < -0.3 is 5.32 Å². The maximum Gasteiger partial charge on any atom is 0.257 e. The van der Waals surface area contributed by atoms with Crippen molar-refractivity contribution in [3.63, 3.8) is 0 Å². The third-order valence-corrected chi connectivity index (χ3v) is 3.19. The first-order valence-electron chi connectivity index (χ1n) is 6.67. The highest BCUT2D eigenvalue weighted by Crippen LogP contribution is 2.14. The monoisotopic (exact) mass is 283 g/mol. The number of aromatic nitrogens is 4. The van der Waals surface area contributed by atoms with E-state index in [-0.39, 0.29) is 6.54 Å². The Hall–Kier alpha value is -1.92. The van der Waals surface area contributed by atoms with E-state index in [1.54, 1.807) is 18.6 Å². The van der Waals surface area contributed by atoms with Crippen molar-refractivity contribution in [1.29, 1.82) is 0 Å². The van der Waals surface area contributed by atoms with E-state index in [0.29, 0.717) is 12.6 Å². The number of rotatable bonds is 7. The van der Waals surface area contributed by atoms with Crippen LogP contribution in [0.3, 0.4) is 0 Å². The van der Waals surface area contributed by atoms with E-state index in [1.165, 1.54) is 4.68 Å². The van der Waals surface area contributed by atoms with E-state index in [9.17, 15) is 8.78 Å². The SMILES string of the molecule is CC[C@H](C)n1nccc1CNc1cnn(CC(F)F)c1. The molecule has 2 heterocycles. The van der Waals surface area contributed by atoms with Gasteiger partial charge in [-0.05, 0) is 19.4 Å². The summed E-state index contributed by atoms with van der Waals surface area (Å²) < 4.78 is 27.7. The maximum absolute atomic E-state index is 12.2. The van der Waals surface area contributed by atoms with Crippen molar-refractivity contribution in [2.75, 3.05) is 5.32 Å². The van der Waals surface area contributed by atoms with Crippen molar-refractivity contribution in [2.45, 2.75) is 45.8 Å². The van der Waals surface area contributed by atoms with Gasteiger partial charge in [-0.15, -0.1) is 0 Å². The molecule has 0 amide bonds. The third-order valence-electron chi connectivity index (χ3n) is 3.19. The van der Waals surface area contributed by atoms with E-state index in [1.807, 2.05) is 10.7 Å². The Bertz CT molecular complexity index is 534. The molecular weight excluding hydrogens is 264 g/mol. The van der Waals surface area contributed by atoms with Crippen LogP contribution in [0.2, 0.25) is 0 Å². The highest BCUT2D eigenvalue weighted by molar-refractivity contribution is 5.38. The van der Waals surface area contributed by atoms with Gasteiger partial charge in [0.2, 0.25) is 0 Å². The summed E-state index contributed by atoms with van der Waals surface area (Å²) in [6.45, 7) is 4.42. The Kier molecular flexibility index (Phi) is 4.70. The summed E-state index contributed by atoms with van der Waals surface area (Å²) in [5.74, 6) is 0. The zero-order valence-electron chi connectivity index (χ0n) is 11.6. The second-order valence-corrected chi connectivity index (χ2v) is 4.72. The lowest BCUT2D eigenvalue weighted by Crippen LogP contribution is -2.12. The number of hydrogen-bond donors (Lipinski definition) is 1. The van der Waals surface area contributed by atoms with Gasteiger partial charge in [-0.25, -0.2) is 8.78 Å². The minimum Gasteiger partial charge on any atom is -0.377 e. The molecule has 20 heavy (non-hydrogen) atoms. The normalized spacial score (nSPS) is 12.8. The van der Waals surface area contributed by atoms with Gasteiger partial charge in [0, 0.05) is 18.4 Å². The maximum atomic E-state index is 12.2. The van der Waals surface area contributed by atoms with E-state index < -0.39 is 6.43 Å². The first kappa shape index (κ1) is 14.5. The zero-order valence-corrected chi connectivity index (χ0v) is 11.6. The van der Waals surface area contributed by atoms with Gasteiger partial charge in [0.25, 0.3) is 6.43 Å². The average Bonchev–Trinajstić information content (AvgIpc) is 3.03. The summed E-state index contributed by atoms with van der Waals surface area (Å²) in [4.78, 5) is 0. The molecule has 0 aromatic carbocycles. The number of hydrogen-bond acceptors (Lipinski definition) is 3. The second kappa shape index (κ2) is 6.49. The predicted molar refractivity (Wildman–Crippen MR) is 72.8 cm³/mol. The van der Waals surface area contributed by atoms with Gasteiger partial charge in [-0.2, -0.15) is 10.2 Å². The van der Waals surface area contributed by atoms with E-state index >= 15 is 0 Å². The Labute approximate surface area is 116 Å². The number of halogens is 2. The molecule has 1 atom stereocenters. The van der Waals surface area contributed by atoms with Gasteiger partial charge >= 0.3 is 0 Å². The highest BCUT2D eigenvalue weighted by atomic mass is 19.3. The number of alkyl halides is 2. The van der Waals surface area contributed by atoms with Crippen LogP contribution in [0.25, 0.3) is 0 Å². The Morgan fingerprint density at radius 3 is 2.85 bits per heavy atom. The molecule has 1 N–H and O–H groups in total. The molecule has 0 bridgehead atoms. The minimum absolute atomic E-state index is 0.336. The molecule has 0 saturated carbocycles. The average molecular weight is 283 g/mol. The lowest BCUT2D eigenvalue weighted by atomic mass is 10.2. The van der Waals surface area contributed by atoms with Crippen LogP contribution in [0, 0.1) is 0 Å². The van der Waals surface area contributed by atoms with Crippen LogP contribution in [-0.4, -0.2) is 26.0 Å². The van der Waals surface area contributed by atoms with Crippen LogP contribution in [0.1, 0.15) is 32.0 Å². The molecule has 5 nitrogen and oxygen atoms in total. The van der Waals surface area contributed by atoms with Crippen molar-refractivity contribution in [2.24, 2.45) is 0 Å². The zero-order chi connectivity index (χ0) is 14.5. The van der Waals surface area contributed by atoms with Crippen LogP contribution < -0.4 is 5.32 Å². The van der Waals surface area contributed by atoms with Crippen molar-refractivity contribution in [1.82, 2.24) is 19.6 Å². The third kappa shape index (κ3) is 3.55. The van der Waals surface area contributed by atoms with Crippen LogP contribution in [0.5, 0.6) is 0 Å². The van der Waals surface area contributed by atoms with Crippen molar-refractivity contribution in [3.8, 4) is 0 Å². The summed E-state index contributed by atoms with van der Waals surface area (Å²) in [6.07, 6.45) is 3.50. The highest BCUT2D eigenvalue weighted by Gasteiger charge is 2.09. The van der Waals surface area contributed by atoms with Gasteiger partial charge in [0.1, 0.15) is 6.54 Å². The first-order valence-corrected chi connectivity index (χ1v) is 6.67. The van der Waals surface area contributed by atoms with Crippen molar-refractivity contribution in [3.05, 3.63) is 30.4 Å². The standard InChI is InChI=1S/C13H19F2N5/c1-3-10(2)20-12(4-5-17-20)7-16-11-6-18-19(8-11)9-13(14)15/h4-6,8,10,13,16H,3,7,9H2,1-2H3/t10-/m0/s1. The van der Waals surface area contributed by atoms with Gasteiger partial charge in [0.05, 0.1) is 24.1 Å². The Morgan fingerprint density at radius 1 is 1.35 bits per heavy atom. The fourth-order valence-electron chi connectivity index (χ4n) is 1.94. The molecule has 110 valence electrons. The molecule has 0 spiro atoms. The topological polar surface area (TPSA) is 47.7 Å². The van der Waals surface area contributed by atoms with Crippen molar-refractivity contribution >= 4 is 5.69 Å². The largest absolute Gasteiger partial charge is 0.377 e. The predicted octanol–water partition coefficient (Wildman–Crippen LogP) is 2.93. The molecule has 0 saturated heterocycles. The first-order chi connectivity index (χ1) is 9.60. The molecule has 0 radical (unpaired) electrons. The molecular formula is C13H19F2N5. The lowest BCUT2D eigenvalue weighted by molar-refractivity contribution is 0.122.